The van der Waals surface area contributed by atoms with Gasteiger partial charge in [-0.25, -0.2) is 8.42 Å². The van der Waals surface area contributed by atoms with E-state index < -0.39 is 28.5 Å². The molecular formula is C34H36ClN3O4S. The van der Waals surface area contributed by atoms with Crippen LogP contribution in [0.1, 0.15) is 30.5 Å². The first-order valence-corrected chi connectivity index (χ1v) is 15.9. The fourth-order valence-electron chi connectivity index (χ4n) is 4.84. The van der Waals surface area contributed by atoms with E-state index in [9.17, 15) is 18.0 Å². The molecule has 0 fully saturated rings. The van der Waals surface area contributed by atoms with Crippen LogP contribution in [0.5, 0.6) is 0 Å². The van der Waals surface area contributed by atoms with Crippen molar-refractivity contribution in [2.24, 2.45) is 0 Å². The minimum absolute atomic E-state index is 0.0510. The largest absolute Gasteiger partial charge is 0.352 e. The van der Waals surface area contributed by atoms with Gasteiger partial charge in [0, 0.05) is 24.0 Å². The van der Waals surface area contributed by atoms with E-state index in [0.717, 1.165) is 9.87 Å². The van der Waals surface area contributed by atoms with Crippen molar-refractivity contribution in [3.8, 4) is 0 Å². The molecule has 0 heterocycles. The number of halogens is 1. The van der Waals surface area contributed by atoms with E-state index in [4.69, 9.17) is 11.6 Å². The van der Waals surface area contributed by atoms with Crippen LogP contribution in [-0.4, -0.2) is 43.8 Å². The molecule has 43 heavy (non-hydrogen) atoms. The first-order chi connectivity index (χ1) is 20.6. The third-order valence-electron chi connectivity index (χ3n) is 6.94. The summed E-state index contributed by atoms with van der Waals surface area (Å²) in [4.78, 5) is 29.7. The predicted molar refractivity (Wildman–Crippen MR) is 171 cm³/mol. The van der Waals surface area contributed by atoms with E-state index in [-0.39, 0.29) is 29.8 Å². The molecule has 4 aromatic rings. The molecule has 0 radical (unpaired) electrons. The molecule has 0 aliphatic heterocycles. The molecule has 4 rings (SSSR count). The Morgan fingerprint density at radius 3 is 2.05 bits per heavy atom. The van der Waals surface area contributed by atoms with Crippen LogP contribution in [0.4, 0.5) is 5.69 Å². The van der Waals surface area contributed by atoms with Crippen molar-refractivity contribution < 1.29 is 18.0 Å². The number of sulfonamides is 1. The summed E-state index contributed by atoms with van der Waals surface area (Å²) in [5.41, 5.74) is 2.65. The summed E-state index contributed by atoms with van der Waals surface area (Å²) >= 11 is 6.29. The smallest absolute Gasteiger partial charge is 0.264 e. The Kier molecular flexibility index (Phi) is 10.6. The highest BCUT2D eigenvalue weighted by Crippen LogP contribution is 2.28. The second-order valence-electron chi connectivity index (χ2n) is 10.6. The number of hydrogen-bond acceptors (Lipinski definition) is 4. The van der Waals surface area contributed by atoms with Crippen molar-refractivity contribution in [1.82, 2.24) is 10.2 Å². The number of rotatable bonds is 12. The SMILES string of the molecule is Cc1ccccc1N(CC(=O)N(Cc1cccc(Cl)c1)[C@@H](Cc1ccccc1)C(=O)NC(C)C)S(=O)(=O)c1ccccc1. The summed E-state index contributed by atoms with van der Waals surface area (Å²) in [7, 11) is -4.14. The highest BCUT2D eigenvalue weighted by atomic mass is 35.5. The monoisotopic (exact) mass is 617 g/mol. The topological polar surface area (TPSA) is 86.8 Å². The third kappa shape index (κ3) is 8.24. The van der Waals surface area contributed by atoms with Crippen LogP contribution >= 0.6 is 11.6 Å². The van der Waals surface area contributed by atoms with Crippen molar-refractivity contribution in [2.45, 2.75) is 50.7 Å². The summed E-state index contributed by atoms with van der Waals surface area (Å²) < 4.78 is 29.2. The molecule has 0 unspecified atom stereocenters. The van der Waals surface area contributed by atoms with Crippen molar-refractivity contribution in [3.63, 3.8) is 0 Å². The van der Waals surface area contributed by atoms with Gasteiger partial charge in [-0.15, -0.1) is 0 Å². The van der Waals surface area contributed by atoms with E-state index in [1.54, 1.807) is 61.5 Å². The molecule has 0 aromatic heterocycles. The van der Waals surface area contributed by atoms with Crippen LogP contribution in [0.25, 0.3) is 0 Å². The number of amides is 2. The van der Waals surface area contributed by atoms with Crippen LogP contribution in [0, 0.1) is 6.92 Å². The Labute approximate surface area is 259 Å². The van der Waals surface area contributed by atoms with Gasteiger partial charge in [-0.05, 0) is 67.8 Å². The average Bonchev–Trinajstić information content (AvgIpc) is 2.98. The van der Waals surface area contributed by atoms with Gasteiger partial charge in [0.1, 0.15) is 12.6 Å². The molecule has 0 saturated carbocycles. The maximum Gasteiger partial charge on any atom is 0.264 e. The first kappa shape index (κ1) is 31.8. The van der Waals surface area contributed by atoms with Crippen molar-refractivity contribution in [3.05, 3.63) is 131 Å². The summed E-state index contributed by atoms with van der Waals surface area (Å²) in [6.45, 7) is 5.05. The van der Waals surface area contributed by atoms with E-state index >= 15 is 0 Å². The van der Waals surface area contributed by atoms with Gasteiger partial charge < -0.3 is 10.2 Å². The third-order valence-corrected chi connectivity index (χ3v) is 8.95. The van der Waals surface area contributed by atoms with Gasteiger partial charge in [0.15, 0.2) is 0 Å². The maximum absolute atomic E-state index is 14.4. The van der Waals surface area contributed by atoms with Gasteiger partial charge in [0.05, 0.1) is 10.6 Å². The Morgan fingerprint density at radius 2 is 1.42 bits per heavy atom. The van der Waals surface area contributed by atoms with E-state index in [1.165, 1.54) is 17.0 Å². The van der Waals surface area contributed by atoms with Crippen molar-refractivity contribution in [2.75, 3.05) is 10.8 Å². The molecule has 4 aromatic carbocycles. The molecule has 0 spiro atoms. The second kappa shape index (κ2) is 14.4. The lowest BCUT2D eigenvalue weighted by atomic mass is 10.0. The summed E-state index contributed by atoms with van der Waals surface area (Å²) in [6.07, 6.45) is 0.238. The van der Waals surface area contributed by atoms with Crippen LogP contribution in [0.2, 0.25) is 5.02 Å². The van der Waals surface area contributed by atoms with Gasteiger partial charge in [0.25, 0.3) is 10.0 Å². The quantitative estimate of drug-likeness (QED) is 0.211. The Bertz CT molecular complexity index is 1650. The number of hydrogen-bond donors (Lipinski definition) is 1. The van der Waals surface area contributed by atoms with Gasteiger partial charge >= 0.3 is 0 Å². The normalized spacial score (nSPS) is 12.0. The minimum Gasteiger partial charge on any atom is -0.352 e. The zero-order valence-electron chi connectivity index (χ0n) is 24.5. The fraction of sp³-hybridized carbons (Fsp3) is 0.235. The van der Waals surface area contributed by atoms with E-state index in [0.29, 0.717) is 21.8 Å². The van der Waals surface area contributed by atoms with Gasteiger partial charge in [-0.1, -0.05) is 90.5 Å². The summed E-state index contributed by atoms with van der Waals surface area (Å²) in [5, 5.41) is 3.45. The number of carbonyl (C=O) groups excluding carboxylic acids is 2. The van der Waals surface area contributed by atoms with Gasteiger partial charge in [0.2, 0.25) is 11.8 Å². The number of carbonyl (C=O) groups is 2. The lowest BCUT2D eigenvalue weighted by Crippen LogP contribution is -2.54. The van der Waals surface area contributed by atoms with E-state index in [2.05, 4.69) is 5.32 Å². The zero-order chi connectivity index (χ0) is 31.0. The molecule has 0 aliphatic carbocycles. The fourth-order valence-corrected chi connectivity index (χ4v) is 6.56. The van der Waals surface area contributed by atoms with Crippen LogP contribution in [0.15, 0.2) is 114 Å². The molecule has 224 valence electrons. The van der Waals surface area contributed by atoms with Crippen LogP contribution in [-0.2, 0) is 32.6 Å². The molecule has 1 N–H and O–H groups in total. The highest BCUT2D eigenvalue weighted by Gasteiger charge is 2.35. The Hall–Kier alpha value is -4.14. The maximum atomic E-state index is 14.4. The molecule has 1 atom stereocenters. The Morgan fingerprint density at radius 1 is 0.814 bits per heavy atom. The number of anilines is 1. The highest BCUT2D eigenvalue weighted by molar-refractivity contribution is 7.92. The molecule has 2 amide bonds. The number of aryl methyl sites for hydroxylation is 1. The van der Waals surface area contributed by atoms with Crippen molar-refractivity contribution in [1.29, 1.82) is 0 Å². The molecule has 0 bridgehead atoms. The summed E-state index contributed by atoms with van der Waals surface area (Å²) in [5.74, 6) is -0.856. The number of nitrogens with zero attached hydrogens (tertiary/aromatic N) is 2. The predicted octanol–water partition coefficient (Wildman–Crippen LogP) is 6.01. The summed E-state index contributed by atoms with van der Waals surface area (Å²) in [6, 6.07) is 30.5. The molecule has 0 saturated heterocycles. The van der Waals surface area contributed by atoms with Crippen molar-refractivity contribution >= 4 is 39.1 Å². The zero-order valence-corrected chi connectivity index (χ0v) is 26.1. The van der Waals surface area contributed by atoms with Crippen LogP contribution in [0.3, 0.4) is 0 Å². The number of benzene rings is 4. The van der Waals surface area contributed by atoms with Gasteiger partial charge in [-0.2, -0.15) is 0 Å². The van der Waals surface area contributed by atoms with E-state index in [1.807, 2.05) is 56.3 Å². The molecule has 9 heteroatoms. The molecular weight excluding hydrogens is 582 g/mol. The standard InChI is InChI=1S/C34H36ClN3O4S/c1-25(2)36-34(40)32(22-27-14-6-4-7-15-27)37(23-28-16-12-17-29(35)21-28)33(39)24-38(31-20-11-10-13-26(31)3)43(41,42)30-18-8-5-9-19-30/h4-21,25,32H,22-24H2,1-3H3,(H,36,40)/t32-/m0/s1. The average molecular weight is 618 g/mol. The number of nitrogens with one attached hydrogen (secondary N) is 1. The first-order valence-electron chi connectivity index (χ1n) is 14.1. The number of para-hydroxylation sites is 1. The lowest BCUT2D eigenvalue weighted by Gasteiger charge is -2.34. The second-order valence-corrected chi connectivity index (χ2v) is 12.9. The Balaban J connectivity index is 1.81. The molecule has 7 nitrogen and oxygen atoms in total. The van der Waals surface area contributed by atoms with Crippen LogP contribution < -0.4 is 9.62 Å². The van der Waals surface area contributed by atoms with Gasteiger partial charge in [-0.3, -0.25) is 13.9 Å². The minimum atomic E-state index is -4.14. The molecule has 0 aliphatic rings. The lowest BCUT2D eigenvalue weighted by molar-refractivity contribution is -0.140.